The lowest BCUT2D eigenvalue weighted by Gasteiger charge is -2.18. The Kier molecular flexibility index (Phi) is 4.99. The molecule has 0 atom stereocenters. The third-order valence-electron chi connectivity index (χ3n) is 2.69. The minimum Gasteiger partial charge on any atom is -0.501 e. The number of hydrogen-bond acceptors (Lipinski definition) is 1. The molecule has 0 N–H and O–H groups in total. The third-order valence-corrected chi connectivity index (χ3v) is 5.16. The van der Waals surface area contributed by atoms with Crippen molar-refractivity contribution in [2.45, 2.75) is 0 Å². The van der Waals surface area contributed by atoms with E-state index in [1.54, 1.807) is 0 Å². The van der Waals surface area contributed by atoms with Crippen molar-refractivity contribution in [3.63, 3.8) is 0 Å². The molecule has 92 valence electrons. The molecule has 1 nitrogen and oxygen atoms in total. The normalized spacial score (nSPS) is 10.3. The molecule has 0 fully saturated rings. The van der Waals surface area contributed by atoms with E-state index in [-0.39, 0.29) is 7.92 Å². The zero-order valence-corrected chi connectivity index (χ0v) is 11.2. The van der Waals surface area contributed by atoms with Crippen molar-refractivity contribution < 1.29 is 4.74 Å². The van der Waals surface area contributed by atoms with E-state index in [2.05, 4.69) is 67.2 Å². The Labute approximate surface area is 110 Å². The second-order valence-electron chi connectivity index (χ2n) is 3.86. The predicted molar refractivity (Wildman–Crippen MR) is 80.1 cm³/mol. The monoisotopic (exact) mass is 256 g/mol. The van der Waals surface area contributed by atoms with Crippen LogP contribution in [0.3, 0.4) is 0 Å². The minimum absolute atomic E-state index is 0.335. The Bertz CT molecular complexity index is 427. The summed E-state index contributed by atoms with van der Waals surface area (Å²) in [6.07, 6.45) is 2.54. The lowest BCUT2D eigenvalue weighted by atomic mass is 10.4. The van der Waals surface area contributed by atoms with Crippen LogP contribution in [0.4, 0.5) is 0 Å². The topological polar surface area (TPSA) is 9.23 Å². The van der Waals surface area contributed by atoms with Crippen molar-refractivity contribution in [3.8, 4) is 0 Å². The summed E-state index contributed by atoms with van der Waals surface area (Å²) in [5.41, 5.74) is 0. The summed E-state index contributed by atoms with van der Waals surface area (Å²) in [7, 11) is -0.335. The highest BCUT2D eigenvalue weighted by Crippen LogP contribution is 2.32. The Hall–Kier alpha value is -1.59. The fourth-order valence-electron chi connectivity index (χ4n) is 1.85. The van der Waals surface area contributed by atoms with Gasteiger partial charge in [0.05, 0.1) is 12.9 Å². The molecule has 0 radical (unpaired) electrons. The molecule has 2 aromatic rings. The maximum atomic E-state index is 5.29. The molecule has 0 aromatic heterocycles. The van der Waals surface area contributed by atoms with Crippen molar-refractivity contribution in [1.82, 2.24) is 0 Å². The van der Waals surface area contributed by atoms with Crippen LogP contribution >= 0.6 is 7.92 Å². The average Bonchev–Trinajstić information content (AvgIpc) is 2.46. The summed E-state index contributed by atoms with van der Waals surface area (Å²) in [4.78, 5) is 0. The molecule has 0 aliphatic heterocycles. The smallest absolute Gasteiger partial charge is 0.0918 e. The van der Waals surface area contributed by atoms with Crippen molar-refractivity contribution in [1.29, 1.82) is 0 Å². The molecule has 2 rings (SSSR count). The standard InChI is InChI=1S/C16H17OP/c1-2-17-13-14-18(15-9-5-3-6-10-15)16-11-7-4-8-12-16/h2-12H,1,13-14H2. The molecule has 0 bridgehead atoms. The molecule has 2 heteroatoms. The van der Waals surface area contributed by atoms with E-state index in [4.69, 9.17) is 4.74 Å². The summed E-state index contributed by atoms with van der Waals surface area (Å²) < 4.78 is 5.29. The van der Waals surface area contributed by atoms with Crippen molar-refractivity contribution in [2.24, 2.45) is 0 Å². The van der Waals surface area contributed by atoms with Crippen molar-refractivity contribution in [2.75, 3.05) is 12.8 Å². The first kappa shape index (κ1) is 12.9. The third kappa shape index (κ3) is 3.45. The van der Waals surface area contributed by atoms with E-state index in [0.29, 0.717) is 0 Å². The zero-order valence-electron chi connectivity index (χ0n) is 10.3. The van der Waals surface area contributed by atoms with Gasteiger partial charge < -0.3 is 4.74 Å². The maximum Gasteiger partial charge on any atom is 0.0918 e. The highest BCUT2D eigenvalue weighted by molar-refractivity contribution is 7.73. The van der Waals surface area contributed by atoms with E-state index in [1.807, 2.05) is 0 Å². The van der Waals surface area contributed by atoms with Gasteiger partial charge in [0.2, 0.25) is 0 Å². The molecule has 18 heavy (non-hydrogen) atoms. The molecule has 0 unspecified atom stereocenters. The minimum atomic E-state index is -0.335. The second-order valence-corrected chi connectivity index (χ2v) is 6.20. The molecule has 0 spiro atoms. The largest absolute Gasteiger partial charge is 0.501 e. The van der Waals surface area contributed by atoms with Gasteiger partial charge in [-0.15, -0.1) is 0 Å². The van der Waals surface area contributed by atoms with E-state index in [1.165, 1.54) is 16.9 Å². The first-order chi connectivity index (χ1) is 8.92. The van der Waals surface area contributed by atoms with Crippen LogP contribution in [0.2, 0.25) is 0 Å². The summed E-state index contributed by atoms with van der Waals surface area (Å²) in [6, 6.07) is 21.3. The van der Waals surface area contributed by atoms with Crippen LogP contribution in [0.1, 0.15) is 0 Å². The summed E-state index contributed by atoms with van der Waals surface area (Å²) in [6.45, 7) is 4.31. The van der Waals surface area contributed by atoms with Gasteiger partial charge in [-0.2, -0.15) is 0 Å². The fraction of sp³-hybridized carbons (Fsp3) is 0.125. The number of benzene rings is 2. The van der Waals surface area contributed by atoms with Crippen molar-refractivity contribution >= 4 is 18.5 Å². The first-order valence-electron chi connectivity index (χ1n) is 6.02. The van der Waals surface area contributed by atoms with Crippen LogP contribution in [0, 0.1) is 0 Å². The quantitative estimate of drug-likeness (QED) is 0.438. The summed E-state index contributed by atoms with van der Waals surface area (Å²) in [5.74, 6) is 0. The molecular weight excluding hydrogens is 239 g/mol. The molecule has 0 amide bonds. The van der Waals surface area contributed by atoms with Crippen LogP contribution in [-0.4, -0.2) is 12.8 Å². The van der Waals surface area contributed by atoms with Crippen LogP contribution in [0.25, 0.3) is 0 Å². The average molecular weight is 256 g/mol. The van der Waals surface area contributed by atoms with Gasteiger partial charge >= 0.3 is 0 Å². The predicted octanol–water partition coefficient (Wildman–Crippen LogP) is 3.28. The van der Waals surface area contributed by atoms with Gasteiger partial charge in [-0.3, -0.25) is 0 Å². The molecule has 0 heterocycles. The lowest BCUT2D eigenvalue weighted by molar-refractivity contribution is 0.273. The van der Waals surface area contributed by atoms with Gasteiger partial charge in [0.25, 0.3) is 0 Å². The Morgan fingerprint density at radius 2 is 1.39 bits per heavy atom. The Balaban J connectivity index is 2.21. The molecule has 0 aliphatic rings. The van der Waals surface area contributed by atoms with Gasteiger partial charge in [-0.05, 0) is 18.5 Å². The first-order valence-corrected chi connectivity index (χ1v) is 7.54. The van der Waals surface area contributed by atoms with E-state index in [9.17, 15) is 0 Å². The zero-order chi connectivity index (χ0) is 12.6. The summed E-state index contributed by atoms with van der Waals surface area (Å²) in [5, 5.41) is 2.79. The van der Waals surface area contributed by atoms with Gasteiger partial charge in [-0.1, -0.05) is 67.2 Å². The number of rotatable bonds is 6. The molecule has 0 saturated heterocycles. The fourth-order valence-corrected chi connectivity index (χ4v) is 4.02. The summed E-state index contributed by atoms with van der Waals surface area (Å²) >= 11 is 0. The van der Waals surface area contributed by atoms with Gasteiger partial charge in [-0.25, -0.2) is 0 Å². The molecule has 0 saturated carbocycles. The van der Waals surface area contributed by atoms with Gasteiger partial charge in [0.1, 0.15) is 0 Å². The number of hydrogen-bond donors (Lipinski definition) is 0. The van der Waals surface area contributed by atoms with E-state index >= 15 is 0 Å². The van der Waals surface area contributed by atoms with Crippen LogP contribution in [-0.2, 0) is 4.74 Å². The maximum absolute atomic E-state index is 5.29. The van der Waals surface area contributed by atoms with Gasteiger partial charge in [0, 0.05) is 6.16 Å². The van der Waals surface area contributed by atoms with Gasteiger partial charge in [0.15, 0.2) is 0 Å². The highest BCUT2D eigenvalue weighted by Gasteiger charge is 2.12. The van der Waals surface area contributed by atoms with Crippen LogP contribution < -0.4 is 10.6 Å². The molecule has 0 aliphatic carbocycles. The second kappa shape index (κ2) is 6.98. The Morgan fingerprint density at radius 3 is 1.83 bits per heavy atom. The van der Waals surface area contributed by atoms with Crippen molar-refractivity contribution in [3.05, 3.63) is 73.5 Å². The van der Waals surface area contributed by atoms with E-state index in [0.717, 1.165) is 12.8 Å². The Morgan fingerprint density at radius 1 is 0.889 bits per heavy atom. The van der Waals surface area contributed by atoms with Crippen LogP contribution in [0.5, 0.6) is 0 Å². The highest BCUT2D eigenvalue weighted by atomic mass is 31.1. The SMILES string of the molecule is C=COCCP(c1ccccc1)c1ccccc1. The van der Waals surface area contributed by atoms with E-state index < -0.39 is 0 Å². The van der Waals surface area contributed by atoms with Crippen LogP contribution in [0.15, 0.2) is 73.5 Å². The molecule has 2 aromatic carbocycles. The lowest BCUT2D eigenvalue weighted by Crippen LogP contribution is -2.15. The molecular formula is C16H17OP. The number of ether oxygens (including phenoxy) is 1.